The molecule has 0 atom stereocenters. The maximum Gasteiger partial charge on any atom is 0.253 e. The first-order valence-corrected chi connectivity index (χ1v) is 13.6. The molecular formula is C32H31ClF2N6O. The van der Waals surface area contributed by atoms with Crippen LogP contribution in [-0.4, -0.2) is 51.7 Å². The van der Waals surface area contributed by atoms with E-state index >= 15 is 0 Å². The predicted octanol–water partition coefficient (Wildman–Crippen LogP) is 6.63. The lowest BCUT2D eigenvalue weighted by molar-refractivity contribution is 0.0652. The monoisotopic (exact) mass is 588 g/mol. The van der Waals surface area contributed by atoms with E-state index in [0.717, 1.165) is 6.54 Å². The van der Waals surface area contributed by atoms with E-state index in [4.69, 9.17) is 16.6 Å². The van der Waals surface area contributed by atoms with Crippen LogP contribution < -0.4 is 10.6 Å². The van der Waals surface area contributed by atoms with Crippen LogP contribution >= 0.6 is 11.6 Å². The summed E-state index contributed by atoms with van der Waals surface area (Å²) in [6, 6.07) is 16.0. The van der Waals surface area contributed by atoms with Crippen molar-refractivity contribution in [2.45, 2.75) is 33.4 Å². The Morgan fingerprint density at radius 3 is 2.50 bits per heavy atom. The predicted molar refractivity (Wildman–Crippen MR) is 163 cm³/mol. The van der Waals surface area contributed by atoms with Crippen LogP contribution in [0.1, 0.15) is 48.3 Å². The summed E-state index contributed by atoms with van der Waals surface area (Å²) in [7, 11) is 0. The fraction of sp³-hybridized carbons (Fsp3) is 0.250. The highest BCUT2D eigenvalue weighted by Gasteiger charge is 2.29. The Balaban J connectivity index is 0.00000353. The second-order valence-electron chi connectivity index (χ2n) is 10.8. The Kier molecular flexibility index (Phi) is 8.08. The van der Waals surface area contributed by atoms with Crippen LogP contribution in [0.4, 0.5) is 20.4 Å². The molecule has 3 heterocycles. The van der Waals surface area contributed by atoms with Gasteiger partial charge in [-0.15, -0.1) is 0 Å². The molecule has 1 saturated heterocycles. The molecule has 1 fully saturated rings. The standard InChI is InChI=1S/C31H27ClF2N6O.CH4/c1-31(2)17-40(13-12-37-31)29(41)18-6-9-21(10-7-18)38-30-36-16-19-15-35-28(26-24(33)4-3-5-25(26)34)23-14-20(32)8-11-22(23)27(19)39-30;/h3-11,14,16,37H,12-13,15,17H2,1-2H3,(H,36,38,39);1H4. The Morgan fingerprint density at radius 1 is 1.05 bits per heavy atom. The van der Waals surface area contributed by atoms with Crippen molar-refractivity contribution in [3.8, 4) is 11.3 Å². The highest BCUT2D eigenvalue weighted by Crippen LogP contribution is 2.34. The molecule has 3 aromatic carbocycles. The third-order valence-electron chi connectivity index (χ3n) is 7.21. The number of aliphatic imine (C=N–C) groups is 1. The Labute approximate surface area is 248 Å². The lowest BCUT2D eigenvalue weighted by atomic mass is 9.95. The van der Waals surface area contributed by atoms with Crippen LogP contribution in [0.25, 0.3) is 11.3 Å². The van der Waals surface area contributed by atoms with Crippen LogP contribution in [0.3, 0.4) is 0 Å². The minimum Gasteiger partial charge on any atom is -0.336 e. The average molecular weight is 589 g/mol. The van der Waals surface area contributed by atoms with Gasteiger partial charge in [-0.25, -0.2) is 18.7 Å². The first kappa shape index (κ1) is 29.3. The average Bonchev–Trinajstić information content (AvgIpc) is 3.09. The van der Waals surface area contributed by atoms with Gasteiger partial charge >= 0.3 is 0 Å². The summed E-state index contributed by atoms with van der Waals surface area (Å²) in [6.45, 7) is 6.34. The largest absolute Gasteiger partial charge is 0.336 e. The lowest BCUT2D eigenvalue weighted by Gasteiger charge is -2.39. The molecule has 7 nitrogen and oxygen atoms in total. The minimum absolute atomic E-state index is 0. The second kappa shape index (κ2) is 11.6. The summed E-state index contributed by atoms with van der Waals surface area (Å²) in [5.41, 5.74) is 3.52. The molecular weight excluding hydrogens is 558 g/mol. The van der Waals surface area contributed by atoms with E-state index in [1.807, 2.05) is 17.0 Å². The van der Waals surface area contributed by atoms with E-state index in [0.29, 0.717) is 57.7 Å². The van der Waals surface area contributed by atoms with Gasteiger partial charge in [-0.3, -0.25) is 9.79 Å². The zero-order chi connectivity index (χ0) is 28.7. The number of rotatable bonds is 4. The van der Waals surface area contributed by atoms with E-state index in [-0.39, 0.29) is 36.7 Å². The number of benzene rings is 3. The molecule has 216 valence electrons. The molecule has 0 aliphatic carbocycles. The highest BCUT2D eigenvalue weighted by atomic mass is 35.5. The first-order valence-electron chi connectivity index (χ1n) is 13.2. The van der Waals surface area contributed by atoms with Crippen molar-refractivity contribution < 1.29 is 13.6 Å². The molecule has 10 heteroatoms. The molecule has 0 bridgehead atoms. The molecule has 2 N–H and O–H groups in total. The van der Waals surface area contributed by atoms with E-state index in [2.05, 4.69) is 34.5 Å². The number of anilines is 2. The number of amides is 1. The third kappa shape index (κ3) is 5.75. The smallest absolute Gasteiger partial charge is 0.253 e. The summed E-state index contributed by atoms with van der Waals surface area (Å²) >= 11 is 6.31. The van der Waals surface area contributed by atoms with Gasteiger partial charge in [0.2, 0.25) is 5.95 Å². The minimum atomic E-state index is -0.711. The van der Waals surface area contributed by atoms with Crippen molar-refractivity contribution in [3.63, 3.8) is 0 Å². The number of carbonyl (C=O) groups is 1. The molecule has 0 radical (unpaired) electrons. The Bertz CT molecular complexity index is 1670. The molecule has 2 aliphatic rings. The van der Waals surface area contributed by atoms with Crippen molar-refractivity contribution in [2.75, 3.05) is 25.0 Å². The SMILES string of the molecule is C.CC1(C)CN(C(=O)c2ccc(Nc3ncc4c(n3)-c3ccc(Cl)cc3C(c3c(F)cccc3F)=NC4)cc2)CCN1. The van der Waals surface area contributed by atoms with Crippen molar-refractivity contribution in [1.29, 1.82) is 0 Å². The van der Waals surface area contributed by atoms with E-state index < -0.39 is 11.6 Å². The number of nitrogens with zero attached hydrogens (tertiary/aromatic N) is 4. The van der Waals surface area contributed by atoms with Crippen LogP contribution in [-0.2, 0) is 6.54 Å². The number of halogens is 3. The maximum atomic E-state index is 14.8. The molecule has 1 amide bonds. The van der Waals surface area contributed by atoms with Gasteiger partial charge in [0, 0.05) is 64.3 Å². The summed E-state index contributed by atoms with van der Waals surface area (Å²) in [4.78, 5) is 28.7. The number of nitrogens with one attached hydrogen (secondary N) is 2. The van der Waals surface area contributed by atoms with Gasteiger partial charge in [-0.2, -0.15) is 0 Å². The fourth-order valence-electron chi connectivity index (χ4n) is 5.24. The van der Waals surface area contributed by atoms with E-state index in [1.165, 1.54) is 18.2 Å². The van der Waals surface area contributed by atoms with Gasteiger partial charge in [-0.1, -0.05) is 31.2 Å². The topological polar surface area (TPSA) is 82.5 Å². The molecule has 0 spiro atoms. The van der Waals surface area contributed by atoms with Crippen molar-refractivity contribution >= 4 is 34.9 Å². The van der Waals surface area contributed by atoms with Gasteiger partial charge in [0.25, 0.3) is 5.91 Å². The Morgan fingerprint density at radius 2 is 1.79 bits per heavy atom. The molecule has 42 heavy (non-hydrogen) atoms. The quantitative estimate of drug-likeness (QED) is 0.280. The van der Waals surface area contributed by atoms with Crippen molar-refractivity contribution in [2.24, 2.45) is 4.99 Å². The van der Waals surface area contributed by atoms with Crippen LogP contribution in [0, 0.1) is 11.6 Å². The molecule has 4 aromatic rings. The number of aromatic nitrogens is 2. The maximum absolute atomic E-state index is 14.8. The summed E-state index contributed by atoms with van der Waals surface area (Å²) in [5, 5.41) is 7.02. The van der Waals surface area contributed by atoms with Crippen molar-refractivity contribution in [3.05, 3.63) is 106 Å². The van der Waals surface area contributed by atoms with Gasteiger partial charge in [0.15, 0.2) is 0 Å². The molecule has 6 rings (SSSR count). The summed E-state index contributed by atoms with van der Waals surface area (Å²) in [6.07, 6.45) is 1.65. The number of carbonyl (C=O) groups excluding carboxylic acids is 1. The number of piperazine rings is 1. The van der Waals surface area contributed by atoms with Gasteiger partial charge in [0.1, 0.15) is 11.6 Å². The third-order valence-corrected chi connectivity index (χ3v) is 7.45. The molecule has 2 aliphatic heterocycles. The van der Waals surface area contributed by atoms with Crippen molar-refractivity contribution in [1.82, 2.24) is 20.2 Å². The van der Waals surface area contributed by atoms with Crippen LogP contribution in [0.15, 0.2) is 71.9 Å². The molecule has 0 unspecified atom stereocenters. The number of hydrogen-bond donors (Lipinski definition) is 2. The second-order valence-corrected chi connectivity index (χ2v) is 11.2. The van der Waals surface area contributed by atoms with Gasteiger partial charge in [-0.05, 0) is 62.4 Å². The lowest BCUT2D eigenvalue weighted by Crippen LogP contribution is -2.58. The zero-order valence-corrected chi connectivity index (χ0v) is 23.3. The van der Waals surface area contributed by atoms with Crippen LogP contribution in [0.5, 0.6) is 0 Å². The van der Waals surface area contributed by atoms with E-state index in [9.17, 15) is 13.6 Å². The molecule has 1 aromatic heterocycles. The van der Waals surface area contributed by atoms with Crippen LogP contribution in [0.2, 0.25) is 5.02 Å². The van der Waals surface area contributed by atoms with Gasteiger partial charge < -0.3 is 15.5 Å². The zero-order valence-electron chi connectivity index (χ0n) is 22.5. The normalized spacial score (nSPS) is 15.5. The van der Waals surface area contributed by atoms with Gasteiger partial charge in [0.05, 0.1) is 23.5 Å². The number of hydrogen-bond acceptors (Lipinski definition) is 6. The first-order chi connectivity index (χ1) is 19.7. The highest BCUT2D eigenvalue weighted by molar-refractivity contribution is 6.31. The molecule has 0 saturated carbocycles. The fourth-order valence-corrected chi connectivity index (χ4v) is 5.42. The summed E-state index contributed by atoms with van der Waals surface area (Å²) < 4.78 is 29.6. The Hall–Kier alpha value is -4.21. The number of fused-ring (bicyclic) bond motifs is 3. The van der Waals surface area contributed by atoms with E-state index in [1.54, 1.807) is 36.5 Å². The summed E-state index contributed by atoms with van der Waals surface area (Å²) in [5.74, 6) is -1.11.